The van der Waals surface area contributed by atoms with Crippen LogP contribution < -0.4 is 4.74 Å². The first-order valence-corrected chi connectivity index (χ1v) is 7.92. The number of ether oxygens (including phenoxy) is 1. The maximum atomic E-state index is 5.94. The van der Waals surface area contributed by atoms with E-state index in [1.165, 1.54) is 12.8 Å². The van der Waals surface area contributed by atoms with E-state index in [1.54, 1.807) is 0 Å². The molecule has 0 saturated heterocycles. The van der Waals surface area contributed by atoms with E-state index in [0.29, 0.717) is 6.61 Å². The Kier molecular flexibility index (Phi) is 4.44. The minimum Gasteiger partial charge on any atom is -0.493 e. The molecule has 112 valence electrons. The van der Waals surface area contributed by atoms with Crippen molar-refractivity contribution < 1.29 is 4.74 Å². The highest BCUT2D eigenvalue weighted by Gasteiger charge is 2.15. The van der Waals surface area contributed by atoms with Gasteiger partial charge < -0.3 is 9.30 Å². The summed E-state index contributed by atoms with van der Waals surface area (Å²) in [6.45, 7) is 3.76. The highest BCUT2D eigenvalue weighted by atomic mass is 35.5. The Hall–Kier alpha value is -1.55. The molecule has 0 N–H and O–H groups in total. The second-order valence-electron chi connectivity index (χ2n) is 5.50. The summed E-state index contributed by atoms with van der Waals surface area (Å²) in [5.41, 5.74) is 1.07. The maximum absolute atomic E-state index is 5.94. The van der Waals surface area contributed by atoms with Crippen molar-refractivity contribution in [3.63, 3.8) is 0 Å². The Morgan fingerprint density at radius 1 is 1.29 bits per heavy atom. The van der Waals surface area contributed by atoms with E-state index in [0.717, 1.165) is 53.8 Å². The molecule has 2 heterocycles. The van der Waals surface area contributed by atoms with Gasteiger partial charge in [0, 0.05) is 24.4 Å². The van der Waals surface area contributed by atoms with E-state index in [4.69, 9.17) is 16.3 Å². The summed E-state index contributed by atoms with van der Waals surface area (Å²) < 4.78 is 8.09. The minimum absolute atomic E-state index is 0.685. The predicted octanol–water partition coefficient (Wildman–Crippen LogP) is 3.59. The molecule has 0 amide bonds. The lowest BCUT2D eigenvalue weighted by Gasteiger charge is -2.14. The zero-order chi connectivity index (χ0) is 14.7. The van der Waals surface area contributed by atoms with Crippen molar-refractivity contribution in [2.24, 2.45) is 0 Å². The van der Waals surface area contributed by atoms with Gasteiger partial charge in [-0.15, -0.1) is 10.2 Å². The van der Waals surface area contributed by atoms with Crippen LogP contribution in [0.5, 0.6) is 5.75 Å². The Bertz CT molecular complexity index is 624. The highest BCUT2D eigenvalue weighted by Crippen LogP contribution is 2.22. The molecular weight excluding hydrogens is 286 g/mol. The monoisotopic (exact) mass is 305 g/mol. The number of benzene rings is 1. The van der Waals surface area contributed by atoms with E-state index in [9.17, 15) is 0 Å². The molecule has 0 radical (unpaired) electrons. The third-order valence-corrected chi connectivity index (χ3v) is 4.11. The Morgan fingerprint density at radius 3 is 3.05 bits per heavy atom. The van der Waals surface area contributed by atoms with Gasteiger partial charge in [0.1, 0.15) is 17.4 Å². The molecule has 3 rings (SSSR count). The summed E-state index contributed by atoms with van der Waals surface area (Å²) in [5, 5.41) is 9.33. The van der Waals surface area contributed by atoms with Crippen molar-refractivity contribution in [1.82, 2.24) is 14.8 Å². The lowest BCUT2D eigenvalue weighted by molar-refractivity contribution is 0.306. The molecule has 0 fully saturated rings. The third kappa shape index (κ3) is 3.38. The van der Waals surface area contributed by atoms with Gasteiger partial charge in [-0.3, -0.25) is 0 Å². The second-order valence-corrected chi connectivity index (χ2v) is 5.94. The van der Waals surface area contributed by atoms with Crippen LogP contribution in [0.4, 0.5) is 0 Å². The standard InChI is InChI=1S/C16H20ClN3O/c1-12-11-13(17)7-8-14(12)21-10-4-6-16-19-18-15-5-2-3-9-20(15)16/h7-8,11H,2-6,9-10H2,1H3. The van der Waals surface area contributed by atoms with E-state index >= 15 is 0 Å². The van der Waals surface area contributed by atoms with Crippen LogP contribution in [-0.2, 0) is 19.4 Å². The van der Waals surface area contributed by atoms with Crippen LogP contribution in [-0.4, -0.2) is 21.4 Å². The fraction of sp³-hybridized carbons (Fsp3) is 0.500. The van der Waals surface area contributed by atoms with Crippen molar-refractivity contribution in [3.05, 3.63) is 40.4 Å². The van der Waals surface area contributed by atoms with Gasteiger partial charge in [-0.05, 0) is 49.9 Å². The summed E-state index contributed by atoms with van der Waals surface area (Å²) in [5.74, 6) is 3.15. The molecule has 0 spiro atoms. The van der Waals surface area contributed by atoms with Crippen molar-refractivity contribution >= 4 is 11.6 Å². The molecule has 0 aliphatic carbocycles. The molecule has 2 aromatic rings. The topological polar surface area (TPSA) is 39.9 Å². The van der Waals surface area contributed by atoms with Crippen LogP contribution in [0.2, 0.25) is 5.02 Å². The number of halogens is 1. The normalized spacial score (nSPS) is 14.0. The number of nitrogens with zero attached hydrogens (tertiary/aromatic N) is 3. The molecule has 1 aromatic carbocycles. The largest absolute Gasteiger partial charge is 0.493 e. The summed E-state index contributed by atoms with van der Waals surface area (Å²) in [6.07, 6.45) is 5.39. The molecule has 0 unspecified atom stereocenters. The van der Waals surface area contributed by atoms with Gasteiger partial charge >= 0.3 is 0 Å². The number of fused-ring (bicyclic) bond motifs is 1. The van der Waals surface area contributed by atoms with Gasteiger partial charge in [0.15, 0.2) is 0 Å². The van der Waals surface area contributed by atoms with E-state index in [2.05, 4.69) is 14.8 Å². The first-order valence-electron chi connectivity index (χ1n) is 7.54. The van der Waals surface area contributed by atoms with Crippen LogP contribution in [0.25, 0.3) is 0 Å². The van der Waals surface area contributed by atoms with Gasteiger partial charge in [0.25, 0.3) is 0 Å². The summed E-state index contributed by atoms with van der Waals surface area (Å²) >= 11 is 5.94. The van der Waals surface area contributed by atoms with Crippen molar-refractivity contribution in [3.8, 4) is 5.75 Å². The second kappa shape index (κ2) is 6.48. The van der Waals surface area contributed by atoms with Crippen LogP contribution in [0, 0.1) is 6.92 Å². The van der Waals surface area contributed by atoms with E-state index < -0.39 is 0 Å². The van der Waals surface area contributed by atoms with Crippen LogP contribution >= 0.6 is 11.6 Å². The summed E-state index contributed by atoms with van der Waals surface area (Å²) in [6, 6.07) is 5.71. The number of hydrogen-bond acceptors (Lipinski definition) is 3. The smallest absolute Gasteiger partial charge is 0.133 e. The number of aromatic nitrogens is 3. The molecule has 1 aliphatic rings. The van der Waals surface area contributed by atoms with Gasteiger partial charge in [-0.2, -0.15) is 0 Å². The SMILES string of the molecule is Cc1cc(Cl)ccc1OCCCc1nnc2n1CCCC2. The van der Waals surface area contributed by atoms with Crippen LogP contribution in [0.1, 0.15) is 36.5 Å². The minimum atomic E-state index is 0.685. The van der Waals surface area contributed by atoms with Gasteiger partial charge in [0.05, 0.1) is 6.61 Å². The zero-order valence-electron chi connectivity index (χ0n) is 12.3. The van der Waals surface area contributed by atoms with Gasteiger partial charge in [0.2, 0.25) is 0 Å². The molecule has 0 bridgehead atoms. The molecule has 5 heteroatoms. The Morgan fingerprint density at radius 2 is 2.19 bits per heavy atom. The van der Waals surface area contributed by atoms with E-state index in [-0.39, 0.29) is 0 Å². The number of hydrogen-bond donors (Lipinski definition) is 0. The van der Waals surface area contributed by atoms with Crippen LogP contribution in [0.3, 0.4) is 0 Å². The third-order valence-electron chi connectivity index (χ3n) is 3.88. The molecule has 1 aromatic heterocycles. The molecule has 1 aliphatic heterocycles. The number of rotatable bonds is 5. The van der Waals surface area contributed by atoms with Gasteiger partial charge in [-0.25, -0.2) is 0 Å². The molecule has 0 atom stereocenters. The fourth-order valence-electron chi connectivity index (χ4n) is 2.74. The summed E-state index contributed by atoms with van der Waals surface area (Å²) in [4.78, 5) is 0. The highest BCUT2D eigenvalue weighted by molar-refractivity contribution is 6.30. The predicted molar refractivity (Wildman–Crippen MR) is 83.0 cm³/mol. The van der Waals surface area contributed by atoms with Crippen LogP contribution in [0.15, 0.2) is 18.2 Å². The van der Waals surface area contributed by atoms with Crippen molar-refractivity contribution in [2.75, 3.05) is 6.61 Å². The van der Waals surface area contributed by atoms with E-state index in [1.807, 2.05) is 25.1 Å². The average Bonchev–Trinajstić information content (AvgIpc) is 2.89. The lowest BCUT2D eigenvalue weighted by Crippen LogP contribution is -2.13. The quantitative estimate of drug-likeness (QED) is 0.793. The first-order chi connectivity index (χ1) is 10.2. The van der Waals surface area contributed by atoms with Gasteiger partial charge in [-0.1, -0.05) is 11.6 Å². The lowest BCUT2D eigenvalue weighted by atomic mass is 10.1. The average molecular weight is 306 g/mol. The Labute approximate surface area is 130 Å². The fourth-order valence-corrected chi connectivity index (χ4v) is 2.97. The Balaban J connectivity index is 1.51. The number of aryl methyl sites for hydroxylation is 3. The molecule has 0 saturated carbocycles. The van der Waals surface area contributed by atoms with Crippen molar-refractivity contribution in [1.29, 1.82) is 0 Å². The molecule has 4 nitrogen and oxygen atoms in total. The maximum Gasteiger partial charge on any atom is 0.133 e. The zero-order valence-corrected chi connectivity index (χ0v) is 13.1. The molecular formula is C16H20ClN3O. The first kappa shape index (κ1) is 14.4. The molecule has 21 heavy (non-hydrogen) atoms. The summed E-state index contributed by atoms with van der Waals surface area (Å²) in [7, 11) is 0. The van der Waals surface area contributed by atoms with Crippen molar-refractivity contribution in [2.45, 2.75) is 45.6 Å².